The lowest BCUT2D eigenvalue weighted by atomic mass is 9.98. The number of halogens is 3. The molecule has 3 aromatic heterocycles. The number of methoxy groups -OCH3 is 1. The number of esters is 1. The summed E-state index contributed by atoms with van der Waals surface area (Å²) in [6, 6.07) is 6.49. The van der Waals surface area contributed by atoms with Crippen LogP contribution in [0.1, 0.15) is 54.2 Å². The zero-order valence-electron chi connectivity index (χ0n) is 20.0. The Morgan fingerprint density at radius 1 is 1.08 bits per heavy atom. The van der Waals surface area contributed by atoms with Crippen molar-refractivity contribution < 1.29 is 27.5 Å². The molecule has 2 N–H and O–H groups in total. The van der Waals surface area contributed by atoms with E-state index in [1.165, 1.54) is 13.3 Å². The van der Waals surface area contributed by atoms with E-state index >= 15 is 0 Å². The molecule has 0 aromatic carbocycles. The summed E-state index contributed by atoms with van der Waals surface area (Å²) in [6.07, 6.45) is 1.00. The first-order chi connectivity index (χ1) is 17.1. The predicted molar refractivity (Wildman–Crippen MR) is 125 cm³/mol. The third-order valence-corrected chi connectivity index (χ3v) is 5.22. The molecule has 3 heterocycles. The fourth-order valence-corrected chi connectivity index (χ4v) is 3.36. The van der Waals surface area contributed by atoms with Gasteiger partial charge < -0.3 is 15.4 Å². The maximum Gasteiger partial charge on any atom is 0.419 e. The maximum absolute atomic E-state index is 12.9. The van der Waals surface area contributed by atoms with Gasteiger partial charge in [0.05, 0.1) is 36.9 Å². The van der Waals surface area contributed by atoms with Crippen molar-refractivity contribution in [2.45, 2.75) is 38.9 Å². The Labute approximate surface area is 206 Å². The number of hydrogen-bond acceptors (Lipinski definition) is 7. The number of pyridine rings is 2. The summed E-state index contributed by atoms with van der Waals surface area (Å²) in [4.78, 5) is 32.0. The zero-order chi connectivity index (χ0) is 26.3. The van der Waals surface area contributed by atoms with Crippen LogP contribution in [0.2, 0.25) is 0 Å². The van der Waals surface area contributed by atoms with Crippen molar-refractivity contribution in [1.29, 1.82) is 0 Å². The summed E-state index contributed by atoms with van der Waals surface area (Å²) in [5.74, 6) is 0.351. The highest BCUT2D eigenvalue weighted by Gasteiger charge is 2.32. The fourth-order valence-electron chi connectivity index (χ4n) is 3.36. The number of nitrogens with zero attached hydrogens (tertiary/aromatic N) is 4. The van der Waals surface area contributed by atoms with Crippen LogP contribution >= 0.6 is 0 Å². The molecule has 12 heteroatoms. The van der Waals surface area contributed by atoms with Crippen LogP contribution in [0.15, 0.2) is 49.1 Å². The molecule has 1 amide bonds. The van der Waals surface area contributed by atoms with Gasteiger partial charge in [0.2, 0.25) is 0 Å². The van der Waals surface area contributed by atoms with Gasteiger partial charge in [0.25, 0.3) is 5.91 Å². The molecule has 36 heavy (non-hydrogen) atoms. The monoisotopic (exact) mass is 504 g/mol. The number of rotatable bonds is 10. The number of carbonyl (C=O) groups excluding carboxylic acids is 2. The molecule has 0 saturated heterocycles. The number of amides is 1. The first-order valence-corrected chi connectivity index (χ1v) is 11.2. The summed E-state index contributed by atoms with van der Waals surface area (Å²) in [6.45, 7) is 4.28. The zero-order valence-corrected chi connectivity index (χ0v) is 20.0. The van der Waals surface area contributed by atoms with Crippen molar-refractivity contribution in [1.82, 2.24) is 25.1 Å². The van der Waals surface area contributed by atoms with Crippen LogP contribution in [0.5, 0.6) is 0 Å². The predicted octanol–water partition coefficient (Wildman–Crippen LogP) is 4.17. The third-order valence-electron chi connectivity index (χ3n) is 5.22. The van der Waals surface area contributed by atoms with E-state index in [0.29, 0.717) is 17.3 Å². The Balaban J connectivity index is 1.68. The van der Waals surface area contributed by atoms with Gasteiger partial charge in [-0.15, -0.1) is 0 Å². The fraction of sp³-hybridized carbons (Fsp3) is 0.375. The highest BCUT2D eigenvalue weighted by Crippen LogP contribution is 2.29. The first kappa shape index (κ1) is 26.6. The second kappa shape index (κ2) is 11.6. The Bertz CT molecular complexity index is 1160. The van der Waals surface area contributed by atoms with Crippen molar-refractivity contribution in [3.05, 3.63) is 65.7 Å². The van der Waals surface area contributed by atoms with Crippen molar-refractivity contribution in [3.63, 3.8) is 0 Å². The van der Waals surface area contributed by atoms with Crippen molar-refractivity contribution in [2.75, 3.05) is 19.0 Å². The number of alkyl halides is 3. The van der Waals surface area contributed by atoms with Crippen molar-refractivity contribution >= 4 is 17.7 Å². The van der Waals surface area contributed by atoms with E-state index in [1.807, 2.05) is 0 Å². The Hall–Kier alpha value is -3.96. The Kier molecular flexibility index (Phi) is 8.62. The minimum absolute atomic E-state index is 0.0723. The molecule has 192 valence electrons. The summed E-state index contributed by atoms with van der Waals surface area (Å²) in [7, 11) is 1.28. The smallest absolute Gasteiger partial charge is 0.419 e. The minimum atomic E-state index is -4.48. The summed E-state index contributed by atoms with van der Waals surface area (Å²) in [5.41, 5.74) is 0.316. The largest absolute Gasteiger partial charge is 0.469 e. The van der Waals surface area contributed by atoms with Gasteiger partial charge in [-0.05, 0) is 36.1 Å². The number of anilines is 1. The van der Waals surface area contributed by atoms with Crippen LogP contribution < -0.4 is 10.6 Å². The molecule has 1 atom stereocenters. The number of ether oxygens (including phenoxy) is 1. The molecule has 0 aliphatic heterocycles. The van der Waals surface area contributed by atoms with Gasteiger partial charge >= 0.3 is 12.1 Å². The first-order valence-electron chi connectivity index (χ1n) is 11.2. The number of aromatic nitrogens is 4. The van der Waals surface area contributed by atoms with Crippen LogP contribution in [0.3, 0.4) is 0 Å². The topological polar surface area (TPSA) is 111 Å². The van der Waals surface area contributed by atoms with E-state index in [-0.39, 0.29) is 30.7 Å². The lowest BCUT2D eigenvalue weighted by molar-refractivity contribution is -0.140. The van der Waals surface area contributed by atoms with Crippen LogP contribution in [-0.2, 0) is 15.7 Å². The van der Waals surface area contributed by atoms with Gasteiger partial charge in [-0.2, -0.15) is 18.3 Å². The molecule has 9 nitrogen and oxygen atoms in total. The lowest BCUT2D eigenvalue weighted by Gasteiger charge is -2.22. The van der Waals surface area contributed by atoms with Gasteiger partial charge in [-0.3, -0.25) is 9.59 Å². The molecule has 0 spiro atoms. The normalized spacial score (nSPS) is 12.3. The van der Waals surface area contributed by atoms with Crippen molar-refractivity contribution in [3.8, 4) is 5.82 Å². The highest BCUT2D eigenvalue weighted by molar-refractivity contribution is 5.94. The van der Waals surface area contributed by atoms with Crippen molar-refractivity contribution in [2.24, 2.45) is 5.92 Å². The van der Waals surface area contributed by atoms with E-state index in [9.17, 15) is 22.8 Å². The Morgan fingerprint density at radius 2 is 1.86 bits per heavy atom. The van der Waals surface area contributed by atoms with E-state index in [1.54, 1.807) is 30.5 Å². The number of nitrogens with one attached hydrogen (secondary N) is 2. The van der Waals surface area contributed by atoms with Crippen LogP contribution in [0, 0.1) is 5.92 Å². The lowest BCUT2D eigenvalue weighted by Crippen LogP contribution is -2.26. The van der Waals surface area contributed by atoms with Gasteiger partial charge in [-0.25, -0.2) is 14.6 Å². The molecule has 0 radical (unpaired) electrons. The molecule has 0 aliphatic rings. The average molecular weight is 505 g/mol. The SMILES string of the molecule is COC(=O)CCNC(=O)c1ccc(N[C@@H](CC(C)C)c2ccc(-n3cc(C(F)(F)F)cn3)nc2)nc1. The summed E-state index contributed by atoms with van der Waals surface area (Å²) < 4.78 is 44.2. The number of hydrogen-bond donors (Lipinski definition) is 2. The molecular weight excluding hydrogens is 477 g/mol. The van der Waals surface area contributed by atoms with E-state index in [0.717, 1.165) is 29.1 Å². The second-order valence-corrected chi connectivity index (χ2v) is 8.46. The summed E-state index contributed by atoms with van der Waals surface area (Å²) >= 11 is 0. The Morgan fingerprint density at radius 3 is 2.42 bits per heavy atom. The maximum atomic E-state index is 12.9. The third kappa shape index (κ3) is 7.27. The molecular formula is C24H27F3N6O3. The second-order valence-electron chi connectivity index (χ2n) is 8.46. The van der Waals surface area contributed by atoms with Crippen LogP contribution in [-0.4, -0.2) is 45.3 Å². The van der Waals surface area contributed by atoms with Gasteiger partial charge in [-0.1, -0.05) is 19.9 Å². The van der Waals surface area contributed by atoms with Gasteiger partial charge in [0, 0.05) is 25.1 Å². The molecule has 0 saturated carbocycles. The molecule has 3 rings (SSSR count). The minimum Gasteiger partial charge on any atom is -0.469 e. The van der Waals surface area contributed by atoms with Gasteiger partial charge in [0.15, 0.2) is 5.82 Å². The summed E-state index contributed by atoms with van der Waals surface area (Å²) in [5, 5.41) is 9.70. The molecule has 0 bridgehead atoms. The van der Waals surface area contributed by atoms with E-state index in [2.05, 4.69) is 44.3 Å². The van der Waals surface area contributed by atoms with Crippen LogP contribution in [0.4, 0.5) is 19.0 Å². The quantitative estimate of drug-likeness (QED) is 0.399. The van der Waals surface area contributed by atoms with Gasteiger partial charge in [0.1, 0.15) is 5.82 Å². The molecule has 0 fully saturated rings. The van der Waals surface area contributed by atoms with E-state index < -0.39 is 17.7 Å². The average Bonchev–Trinajstić information content (AvgIpc) is 3.35. The van der Waals surface area contributed by atoms with E-state index in [4.69, 9.17) is 0 Å². The number of carbonyl (C=O) groups is 2. The standard InChI is InChI=1S/C24H27F3N6O3/c1-15(2)10-19(16-5-7-21(30-11-16)33-14-18(13-31-33)24(25,26)27)32-20-6-4-17(12-29-20)23(35)28-9-8-22(34)36-3/h4-7,11-15,19H,8-10H2,1-3H3,(H,28,35)(H,29,32)/t19-/m0/s1. The highest BCUT2D eigenvalue weighted by atomic mass is 19.4. The van der Waals surface area contributed by atoms with Crippen LogP contribution in [0.25, 0.3) is 5.82 Å². The molecule has 0 unspecified atom stereocenters. The molecule has 0 aliphatic carbocycles. The molecule has 3 aromatic rings.